The van der Waals surface area contributed by atoms with Gasteiger partial charge in [0, 0.05) is 18.3 Å². The number of hydrogen-bond donors (Lipinski definition) is 2. The number of nitrogen functional groups attached to an aromatic ring is 1. The molecule has 0 radical (unpaired) electrons. The summed E-state index contributed by atoms with van der Waals surface area (Å²) in [7, 11) is 1.56. The van der Waals surface area contributed by atoms with E-state index < -0.39 is 0 Å². The fourth-order valence-corrected chi connectivity index (χ4v) is 2.20. The Labute approximate surface area is 110 Å². The van der Waals surface area contributed by atoms with E-state index in [0.717, 1.165) is 29.5 Å². The number of aromatic nitrogens is 2. The van der Waals surface area contributed by atoms with Crippen molar-refractivity contribution < 1.29 is 4.74 Å². The average Bonchev–Trinajstić information content (AvgIpc) is 2.77. The fraction of sp³-hybridized carbons (Fsp3) is 0.333. The average molecular weight is 264 g/mol. The van der Waals surface area contributed by atoms with Crippen LogP contribution in [0.3, 0.4) is 0 Å². The van der Waals surface area contributed by atoms with Gasteiger partial charge in [0.25, 0.3) is 0 Å². The summed E-state index contributed by atoms with van der Waals surface area (Å²) in [6.07, 6.45) is 0.874. The van der Waals surface area contributed by atoms with Gasteiger partial charge in [-0.05, 0) is 19.1 Å². The van der Waals surface area contributed by atoms with Crippen LogP contribution in [0.25, 0.3) is 0 Å². The molecule has 2 aromatic rings. The summed E-state index contributed by atoms with van der Waals surface area (Å²) in [6, 6.07) is 3.62. The molecular formula is C12H16N4OS. The molecule has 2 heterocycles. The molecule has 0 saturated carbocycles. The van der Waals surface area contributed by atoms with Gasteiger partial charge in [-0.15, -0.1) is 11.3 Å². The third-order valence-corrected chi connectivity index (χ3v) is 3.26. The van der Waals surface area contributed by atoms with E-state index in [4.69, 9.17) is 10.5 Å². The van der Waals surface area contributed by atoms with Crippen LogP contribution in [0.1, 0.15) is 10.7 Å². The summed E-state index contributed by atoms with van der Waals surface area (Å²) in [4.78, 5) is 8.65. The lowest BCUT2D eigenvalue weighted by molar-refractivity contribution is 0.401. The molecule has 18 heavy (non-hydrogen) atoms. The third-order valence-electron chi connectivity index (χ3n) is 2.44. The molecule has 5 nitrogen and oxygen atoms in total. The van der Waals surface area contributed by atoms with Crippen LogP contribution in [-0.2, 0) is 6.42 Å². The predicted octanol–water partition coefficient (Wildman–Crippen LogP) is 2.09. The lowest BCUT2D eigenvalue weighted by atomic mass is 10.3. The van der Waals surface area contributed by atoms with Crippen molar-refractivity contribution in [2.75, 3.05) is 24.7 Å². The monoisotopic (exact) mass is 264 g/mol. The number of nitrogens with two attached hydrogens (primary N) is 1. The van der Waals surface area contributed by atoms with Crippen molar-refractivity contribution >= 4 is 22.8 Å². The Kier molecular flexibility index (Phi) is 3.99. The number of nitrogens with zero attached hydrogens (tertiary/aromatic N) is 2. The molecule has 2 rings (SSSR count). The van der Waals surface area contributed by atoms with Crippen molar-refractivity contribution in [1.29, 1.82) is 0 Å². The molecule has 0 atom stereocenters. The number of pyridine rings is 1. The molecule has 0 aliphatic carbocycles. The van der Waals surface area contributed by atoms with Crippen molar-refractivity contribution in [3.63, 3.8) is 0 Å². The van der Waals surface area contributed by atoms with Crippen LogP contribution in [0, 0.1) is 6.92 Å². The summed E-state index contributed by atoms with van der Waals surface area (Å²) in [5.41, 5.74) is 7.34. The zero-order chi connectivity index (χ0) is 13.0. The normalized spacial score (nSPS) is 10.3. The zero-order valence-electron chi connectivity index (χ0n) is 10.4. The molecule has 0 spiro atoms. The highest BCUT2D eigenvalue weighted by atomic mass is 32.1. The summed E-state index contributed by atoms with van der Waals surface area (Å²) in [5.74, 6) is 1.21. The Morgan fingerprint density at radius 3 is 2.89 bits per heavy atom. The Bertz CT molecular complexity index is 527. The highest BCUT2D eigenvalue weighted by Crippen LogP contribution is 2.20. The van der Waals surface area contributed by atoms with E-state index in [1.54, 1.807) is 24.5 Å². The van der Waals surface area contributed by atoms with Gasteiger partial charge >= 0.3 is 0 Å². The Morgan fingerprint density at radius 2 is 2.22 bits per heavy atom. The summed E-state index contributed by atoms with van der Waals surface area (Å²) in [5, 5.41) is 6.39. The minimum Gasteiger partial charge on any atom is -0.479 e. The molecule has 2 aromatic heterocycles. The predicted molar refractivity (Wildman–Crippen MR) is 74.2 cm³/mol. The number of methoxy groups -OCH3 is 1. The quantitative estimate of drug-likeness (QED) is 0.865. The number of aryl methyl sites for hydroxylation is 1. The second kappa shape index (κ2) is 5.68. The maximum Gasteiger partial charge on any atom is 0.238 e. The van der Waals surface area contributed by atoms with E-state index in [0.29, 0.717) is 11.6 Å². The Balaban J connectivity index is 1.90. The SMILES string of the molecule is COc1nc(NCCc2csc(C)n2)ccc1N. The lowest BCUT2D eigenvalue weighted by Crippen LogP contribution is -2.07. The number of rotatable bonds is 5. The fourth-order valence-electron chi connectivity index (χ4n) is 1.55. The van der Waals surface area contributed by atoms with Gasteiger partial charge in [-0.25, -0.2) is 4.98 Å². The standard InChI is InChI=1S/C12H16N4OS/c1-8-15-9(7-18-8)5-6-14-11-4-3-10(13)12(16-11)17-2/h3-4,7H,5-6,13H2,1-2H3,(H,14,16). The minimum atomic E-state index is 0.449. The molecule has 0 saturated heterocycles. The van der Waals surface area contributed by atoms with Crippen LogP contribution in [0.15, 0.2) is 17.5 Å². The van der Waals surface area contributed by atoms with Gasteiger partial charge in [0.1, 0.15) is 5.82 Å². The third kappa shape index (κ3) is 3.10. The van der Waals surface area contributed by atoms with Crippen LogP contribution in [-0.4, -0.2) is 23.6 Å². The van der Waals surface area contributed by atoms with E-state index in [9.17, 15) is 0 Å². The molecular weight excluding hydrogens is 248 g/mol. The first-order chi connectivity index (χ1) is 8.69. The van der Waals surface area contributed by atoms with Gasteiger partial charge in [-0.3, -0.25) is 0 Å². The van der Waals surface area contributed by atoms with E-state index >= 15 is 0 Å². The second-order valence-corrected chi connectivity index (χ2v) is 4.89. The topological polar surface area (TPSA) is 73.1 Å². The molecule has 3 N–H and O–H groups in total. The van der Waals surface area contributed by atoms with E-state index in [1.807, 2.05) is 13.0 Å². The molecule has 0 unspecified atom stereocenters. The molecule has 0 aliphatic rings. The van der Waals surface area contributed by atoms with Crippen molar-refractivity contribution in [2.45, 2.75) is 13.3 Å². The van der Waals surface area contributed by atoms with Gasteiger partial charge in [0.2, 0.25) is 5.88 Å². The van der Waals surface area contributed by atoms with Gasteiger partial charge in [-0.2, -0.15) is 4.98 Å². The summed E-state index contributed by atoms with van der Waals surface area (Å²) in [6.45, 7) is 2.79. The van der Waals surface area contributed by atoms with E-state index in [-0.39, 0.29) is 0 Å². The van der Waals surface area contributed by atoms with Gasteiger partial charge in [0.05, 0.1) is 23.5 Å². The molecule has 0 amide bonds. The van der Waals surface area contributed by atoms with Crippen LogP contribution >= 0.6 is 11.3 Å². The maximum atomic E-state index is 5.70. The number of thiazole rings is 1. The smallest absolute Gasteiger partial charge is 0.238 e. The number of ether oxygens (including phenoxy) is 1. The molecule has 0 bridgehead atoms. The molecule has 0 fully saturated rings. The first-order valence-corrected chi connectivity index (χ1v) is 6.52. The Morgan fingerprint density at radius 1 is 1.39 bits per heavy atom. The number of anilines is 2. The van der Waals surface area contributed by atoms with Crippen molar-refractivity contribution in [3.8, 4) is 5.88 Å². The maximum absolute atomic E-state index is 5.70. The number of nitrogens with one attached hydrogen (secondary N) is 1. The van der Waals surface area contributed by atoms with Crippen LogP contribution < -0.4 is 15.8 Å². The lowest BCUT2D eigenvalue weighted by Gasteiger charge is -2.07. The van der Waals surface area contributed by atoms with Crippen molar-refractivity contribution in [2.24, 2.45) is 0 Å². The van der Waals surface area contributed by atoms with Gasteiger partial charge in [0.15, 0.2) is 0 Å². The summed E-state index contributed by atoms with van der Waals surface area (Å²) >= 11 is 1.67. The molecule has 0 aromatic carbocycles. The largest absolute Gasteiger partial charge is 0.479 e. The summed E-state index contributed by atoms with van der Waals surface area (Å²) < 4.78 is 5.07. The van der Waals surface area contributed by atoms with Crippen LogP contribution in [0.2, 0.25) is 0 Å². The van der Waals surface area contributed by atoms with E-state index in [2.05, 4.69) is 20.7 Å². The minimum absolute atomic E-state index is 0.449. The first kappa shape index (κ1) is 12.6. The highest BCUT2D eigenvalue weighted by molar-refractivity contribution is 7.09. The van der Waals surface area contributed by atoms with E-state index in [1.165, 1.54) is 0 Å². The van der Waals surface area contributed by atoms with Crippen molar-refractivity contribution in [3.05, 3.63) is 28.2 Å². The van der Waals surface area contributed by atoms with Gasteiger partial charge in [-0.1, -0.05) is 0 Å². The first-order valence-electron chi connectivity index (χ1n) is 5.64. The molecule has 0 aliphatic heterocycles. The van der Waals surface area contributed by atoms with Gasteiger partial charge < -0.3 is 15.8 Å². The molecule has 6 heteroatoms. The second-order valence-electron chi connectivity index (χ2n) is 3.83. The zero-order valence-corrected chi connectivity index (χ0v) is 11.3. The number of hydrogen-bond acceptors (Lipinski definition) is 6. The van der Waals surface area contributed by atoms with Crippen LogP contribution in [0.4, 0.5) is 11.5 Å². The Hall–Kier alpha value is -1.82. The van der Waals surface area contributed by atoms with Crippen LogP contribution in [0.5, 0.6) is 5.88 Å². The highest BCUT2D eigenvalue weighted by Gasteiger charge is 2.03. The molecule has 96 valence electrons. The van der Waals surface area contributed by atoms with Crippen molar-refractivity contribution in [1.82, 2.24) is 9.97 Å².